The lowest BCUT2D eigenvalue weighted by molar-refractivity contribution is -0.140. The Kier molecular flexibility index (Phi) is 3.84. The van der Waals surface area contributed by atoms with Gasteiger partial charge in [-0.3, -0.25) is 9.59 Å². The van der Waals surface area contributed by atoms with Gasteiger partial charge in [-0.15, -0.1) is 0 Å². The molecule has 0 bridgehead atoms. The number of carbonyl (C=O) groups excluding carboxylic acids is 2. The first kappa shape index (κ1) is 14.6. The molecule has 0 N–H and O–H groups in total. The molecule has 20 heavy (non-hydrogen) atoms. The summed E-state index contributed by atoms with van der Waals surface area (Å²) in [6, 6.07) is 9.33. The van der Waals surface area contributed by atoms with E-state index in [1.54, 1.807) is 10.0 Å². The lowest BCUT2D eigenvalue weighted by Gasteiger charge is -2.30. The van der Waals surface area contributed by atoms with Gasteiger partial charge in [-0.1, -0.05) is 32.0 Å². The highest BCUT2D eigenvalue weighted by molar-refractivity contribution is 6.18. The molecule has 1 saturated heterocycles. The van der Waals surface area contributed by atoms with E-state index >= 15 is 0 Å². The molecule has 4 heteroatoms. The first-order chi connectivity index (χ1) is 9.49. The summed E-state index contributed by atoms with van der Waals surface area (Å²) in [5.41, 5.74) is -0.150. The summed E-state index contributed by atoms with van der Waals surface area (Å²) >= 11 is 0. The van der Waals surface area contributed by atoms with Gasteiger partial charge in [0.05, 0.1) is 5.69 Å². The number of para-hydroxylation sites is 1. The summed E-state index contributed by atoms with van der Waals surface area (Å²) in [4.78, 5) is 25.7. The van der Waals surface area contributed by atoms with Gasteiger partial charge in [-0.2, -0.15) is 0 Å². The van der Waals surface area contributed by atoms with Crippen LogP contribution in [0.5, 0.6) is 0 Å². The van der Waals surface area contributed by atoms with Crippen LogP contribution in [0.3, 0.4) is 0 Å². The number of carbonyl (C=O) groups is 2. The fourth-order valence-corrected chi connectivity index (χ4v) is 2.83. The topological polar surface area (TPSA) is 40.6 Å². The largest absolute Gasteiger partial charge is 0.272 e. The zero-order valence-electron chi connectivity index (χ0n) is 12.6. The predicted octanol–water partition coefficient (Wildman–Crippen LogP) is 2.99. The van der Waals surface area contributed by atoms with Gasteiger partial charge in [-0.05, 0) is 38.8 Å². The summed E-state index contributed by atoms with van der Waals surface area (Å²) in [7, 11) is 0. The third-order valence-electron chi connectivity index (χ3n) is 4.13. The standard InChI is InChI=1S/C16H22N2O2/c1-5-16(6-2)14(19)17(12(3)4)18(15(16)20)13-10-8-7-9-11-13/h7-12H,5-6H2,1-4H3. The fourth-order valence-electron chi connectivity index (χ4n) is 2.83. The Morgan fingerprint density at radius 2 is 1.55 bits per heavy atom. The second kappa shape index (κ2) is 5.27. The van der Waals surface area contributed by atoms with Crippen molar-refractivity contribution in [1.82, 2.24) is 5.01 Å². The number of benzene rings is 1. The summed E-state index contributed by atoms with van der Waals surface area (Å²) in [5.74, 6) is -0.182. The van der Waals surface area contributed by atoms with Crippen LogP contribution in [0.1, 0.15) is 40.5 Å². The van der Waals surface area contributed by atoms with E-state index in [4.69, 9.17) is 0 Å². The second-order valence-electron chi connectivity index (χ2n) is 5.49. The molecule has 0 saturated carbocycles. The Morgan fingerprint density at radius 1 is 1.00 bits per heavy atom. The second-order valence-corrected chi connectivity index (χ2v) is 5.49. The van der Waals surface area contributed by atoms with E-state index in [2.05, 4.69) is 0 Å². The van der Waals surface area contributed by atoms with Gasteiger partial charge in [0.25, 0.3) is 11.8 Å². The van der Waals surface area contributed by atoms with Crippen molar-refractivity contribution in [2.75, 3.05) is 5.01 Å². The molecule has 0 aliphatic carbocycles. The van der Waals surface area contributed by atoms with Gasteiger partial charge in [0.1, 0.15) is 5.41 Å². The van der Waals surface area contributed by atoms with E-state index in [0.717, 1.165) is 5.69 Å². The van der Waals surface area contributed by atoms with Crippen molar-refractivity contribution in [1.29, 1.82) is 0 Å². The van der Waals surface area contributed by atoms with Crippen molar-refractivity contribution >= 4 is 17.5 Å². The van der Waals surface area contributed by atoms with E-state index in [-0.39, 0.29) is 17.9 Å². The molecule has 0 radical (unpaired) electrons. The van der Waals surface area contributed by atoms with E-state index in [1.165, 1.54) is 0 Å². The van der Waals surface area contributed by atoms with Crippen molar-refractivity contribution < 1.29 is 9.59 Å². The molecule has 4 nitrogen and oxygen atoms in total. The first-order valence-electron chi connectivity index (χ1n) is 7.22. The molecular formula is C16H22N2O2. The van der Waals surface area contributed by atoms with Crippen molar-refractivity contribution in [3.05, 3.63) is 30.3 Å². The average Bonchev–Trinajstić information content (AvgIpc) is 2.68. The van der Waals surface area contributed by atoms with Crippen LogP contribution in [0.4, 0.5) is 5.69 Å². The van der Waals surface area contributed by atoms with Gasteiger partial charge >= 0.3 is 0 Å². The SMILES string of the molecule is CCC1(CC)C(=O)N(c2ccccc2)N(C(C)C)C1=O. The van der Waals surface area contributed by atoms with E-state index < -0.39 is 5.41 Å². The minimum absolute atomic E-state index is 0.0494. The van der Waals surface area contributed by atoms with Crippen LogP contribution in [0.15, 0.2) is 30.3 Å². The van der Waals surface area contributed by atoms with Crippen LogP contribution in [0.25, 0.3) is 0 Å². The van der Waals surface area contributed by atoms with Gasteiger partial charge in [0.2, 0.25) is 0 Å². The van der Waals surface area contributed by atoms with Crippen molar-refractivity contribution in [3.63, 3.8) is 0 Å². The van der Waals surface area contributed by atoms with Crippen LogP contribution in [-0.2, 0) is 9.59 Å². The molecule has 2 rings (SSSR count). The number of hydrogen-bond acceptors (Lipinski definition) is 2. The zero-order chi connectivity index (χ0) is 14.9. The molecular weight excluding hydrogens is 252 g/mol. The van der Waals surface area contributed by atoms with E-state index in [0.29, 0.717) is 12.8 Å². The average molecular weight is 274 g/mol. The molecule has 1 fully saturated rings. The van der Waals surface area contributed by atoms with Crippen LogP contribution >= 0.6 is 0 Å². The number of amides is 2. The number of rotatable bonds is 4. The summed E-state index contributed by atoms with van der Waals surface area (Å²) in [6.07, 6.45) is 1.07. The van der Waals surface area contributed by atoms with E-state index in [9.17, 15) is 9.59 Å². The van der Waals surface area contributed by atoms with Crippen molar-refractivity contribution in [2.45, 2.75) is 46.6 Å². The summed E-state index contributed by atoms with van der Waals surface area (Å²) in [6.45, 7) is 7.68. The predicted molar refractivity (Wildman–Crippen MR) is 78.9 cm³/mol. The summed E-state index contributed by atoms with van der Waals surface area (Å²) in [5, 5.41) is 3.16. The molecule has 0 aromatic heterocycles. The maximum atomic E-state index is 12.9. The van der Waals surface area contributed by atoms with Crippen LogP contribution in [0, 0.1) is 5.41 Å². The molecule has 0 unspecified atom stereocenters. The Labute approximate surface area is 120 Å². The molecule has 1 heterocycles. The quantitative estimate of drug-likeness (QED) is 0.792. The molecule has 2 amide bonds. The Hall–Kier alpha value is -1.84. The van der Waals surface area contributed by atoms with E-state index in [1.807, 2.05) is 58.0 Å². The van der Waals surface area contributed by atoms with Gasteiger partial charge in [0, 0.05) is 6.04 Å². The lowest BCUT2D eigenvalue weighted by atomic mass is 9.81. The number of nitrogens with zero attached hydrogens (tertiary/aromatic N) is 2. The smallest absolute Gasteiger partial charge is 0.261 e. The normalized spacial score (nSPS) is 18.2. The monoisotopic (exact) mass is 274 g/mol. The molecule has 1 aromatic carbocycles. The molecule has 1 aromatic rings. The summed E-state index contributed by atoms with van der Waals surface area (Å²) < 4.78 is 0. The molecule has 0 spiro atoms. The molecule has 0 atom stereocenters. The highest BCUT2D eigenvalue weighted by atomic mass is 16.2. The van der Waals surface area contributed by atoms with Gasteiger partial charge < -0.3 is 0 Å². The van der Waals surface area contributed by atoms with Gasteiger partial charge in [0.15, 0.2) is 0 Å². The highest BCUT2D eigenvalue weighted by Gasteiger charge is 2.57. The van der Waals surface area contributed by atoms with Crippen LogP contribution < -0.4 is 5.01 Å². The van der Waals surface area contributed by atoms with Crippen molar-refractivity contribution in [2.24, 2.45) is 5.41 Å². The lowest BCUT2D eigenvalue weighted by Crippen LogP contribution is -2.45. The fraction of sp³-hybridized carbons (Fsp3) is 0.500. The molecule has 1 aliphatic rings. The molecule has 1 aliphatic heterocycles. The van der Waals surface area contributed by atoms with Crippen LogP contribution in [0.2, 0.25) is 0 Å². The maximum absolute atomic E-state index is 12.9. The third-order valence-corrected chi connectivity index (χ3v) is 4.13. The Bertz CT molecular complexity index is 506. The highest BCUT2D eigenvalue weighted by Crippen LogP contribution is 2.41. The van der Waals surface area contributed by atoms with Gasteiger partial charge in [-0.25, -0.2) is 10.0 Å². The minimum Gasteiger partial charge on any atom is -0.272 e. The zero-order valence-corrected chi connectivity index (χ0v) is 12.6. The number of anilines is 1. The minimum atomic E-state index is -0.903. The Balaban J connectivity index is 2.55. The van der Waals surface area contributed by atoms with Crippen LogP contribution in [-0.4, -0.2) is 22.9 Å². The Morgan fingerprint density at radius 3 is 2.00 bits per heavy atom. The van der Waals surface area contributed by atoms with Crippen molar-refractivity contribution in [3.8, 4) is 0 Å². The number of hydrogen-bond donors (Lipinski definition) is 0. The number of hydrazine groups is 1. The maximum Gasteiger partial charge on any atom is 0.261 e. The molecule has 108 valence electrons. The first-order valence-corrected chi connectivity index (χ1v) is 7.22. The third kappa shape index (κ3) is 1.90.